The number of anilines is 1. The molecule has 2 atom stereocenters. The third-order valence-corrected chi connectivity index (χ3v) is 5.63. The molecule has 0 saturated carbocycles. The highest BCUT2D eigenvalue weighted by molar-refractivity contribution is 6.22. The van der Waals surface area contributed by atoms with Gasteiger partial charge >= 0.3 is 5.97 Å². The van der Waals surface area contributed by atoms with Gasteiger partial charge in [0.15, 0.2) is 0 Å². The van der Waals surface area contributed by atoms with Crippen LogP contribution in [0, 0.1) is 5.92 Å². The predicted molar refractivity (Wildman–Crippen MR) is 106 cm³/mol. The lowest BCUT2D eigenvalue weighted by atomic mass is 9.96. The third-order valence-electron chi connectivity index (χ3n) is 5.63. The van der Waals surface area contributed by atoms with Gasteiger partial charge in [-0.2, -0.15) is 0 Å². The number of ether oxygens (including phenoxy) is 1. The van der Waals surface area contributed by atoms with Crippen LogP contribution >= 0.6 is 0 Å². The fraction of sp³-hybridized carbons (Fsp3) is 0.409. The quantitative estimate of drug-likeness (QED) is 0.603. The van der Waals surface area contributed by atoms with Crippen LogP contribution < -0.4 is 4.90 Å². The number of rotatable bonds is 4. The van der Waals surface area contributed by atoms with Gasteiger partial charge in [-0.15, -0.1) is 0 Å². The first-order valence-electron chi connectivity index (χ1n) is 9.84. The Bertz CT molecular complexity index is 926. The number of esters is 1. The highest BCUT2D eigenvalue weighted by Crippen LogP contribution is 2.30. The lowest BCUT2D eigenvalue weighted by molar-refractivity contribution is -0.150. The summed E-state index contributed by atoms with van der Waals surface area (Å²) in [5.74, 6) is -0.838. The van der Waals surface area contributed by atoms with E-state index in [-0.39, 0.29) is 30.1 Å². The molecule has 2 aliphatic heterocycles. The fourth-order valence-corrected chi connectivity index (χ4v) is 4.23. The third kappa shape index (κ3) is 3.40. The van der Waals surface area contributed by atoms with Gasteiger partial charge < -0.3 is 4.74 Å². The van der Waals surface area contributed by atoms with Gasteiger partial charge in [-0.1, -0.05) is 30.3 Å². The molecule has 0 unspecified atom stereocenters. The SMILES string of the molecule is CCOC(=O)[C@H]1CCCN([C@H]2CC(=O)N(c3ccc4ccccc4c3)C2=O)C1. The number of piperidine rings is 1. The molecule has 2 saturated heterocycles. The van der Waals surface area contributed by atoms with Gasteiger partial charge in [0.2, 0.25) is 5.91 Å². The first-order chi connectivity index (χ1) is 13.6. The lowest BCUT2D eigenvalue weighted by Crippen LogP contribution is -2.48. The first kappa shape index (κ1) is 18.6. The second kappa shape index (κ2) is 7.72. The van der Waals surface area contributed by atoms with Gasteiger partial charge in [0.05, 0.1) is 30.7 Å². The number of imide groups is 1. The summed E-state index contributed by atoms with van der Waals surface area (Å²) in [6.45, 7) is 3.32. The molecule has 0 N–H and O–H groups in total. The Labute approximate surface area is 164 Å². The van der Waals surface area contributed by atoms with Gasteiger partial charge in [0.1, 0.15) is 0 Å². The van der Waals surface area contributed by atoms with Crippen molar-refractivity contribution in [1.82, 2.24) is 4.90 Å². The summed E-state index contributed by atoms with van der Waals surface area (Å²) < 4.78 is 5.14. The number of fused-ring (bicyclic) bond motifs is 1. The normalized spacial score (nSPS) is 23.4. The summed E-state index contributed by atoms with van der Waals surface area (Å²) >= 11 is 0. The molecule has 0 aromatic heterocycles. The maximum absolute atomic E-state index is 13.1. The summed E-state index contributed by atoms with van der Waals surface area (Å²) in [7, 11) is 0. The Balaban J connectivity index is 1.54. The molecule has 2 amide bonds. The molecule has 2 aromatic carbocycles. The van der Waals surface area contributed by atoms with Crippen molar-refractivity contribution in [2.75, 3.05) is 24.6 Å². The predicted octanol–water partition coefficient (Wildman–Crippen LogP) is 2.75. The van der Waals surface area contributed by atoms with E-state index in [2.05, 4.69) is 0 Å². The van der Waals surface area contributed by atoms with Gasteiger partial charge in [-0.05, 0) is 49.2 Å². The van der Waals surface area contributed by atoms with Crippen LogP contribution in [0.25, 0.3) is 10.8 Å². The maximum Gasteiger partial charge on any atom is 0.310 e. The van der Waals surface area contributed by atoms with E-state index in [0.29, 0.717) is 25.4 Å². The molecular formula is C22H24N2O4. The van der Waals surface area contributed by atoms with E-state index < -0.39 is 6.04 Å². The topological polar surface area (TPSA) is 66.9 Å². The van der Waals surface area contributed by atoms with Crippen molar-refractivity contribution in [3.63, 3.8) is 0 Å². The van der Waals surface area contributed by atoms with Gasteiger partial charge in [-0.25, -0.2) is 4.90 Å². The number of hydrogen-bond acceptors (Lipinski definition) is 5. The molecule has 6 heteroatoms. The minimum Gasteiger partial charge on any atom is -0.466 e. The zero-order valence-electron chi connectivity index (χ0n) is 16.0. The molecule has 2 aromatic rings. The molecule has 28 heavy (non-hydrogen) atoms. The monoisotopic (exact) mass is 380 g/mol. The molecule has 2 aliphatic rings. The standard InChI is InChI=1S/C22H24N2O4/c1-2-28-22(27)17-8-5-11-23(14-17)19-13-20(25)24(21(19)26)18-10-9-15-6-3-4-7-16(15)12-18/h3-4,6-7,9-10,12,17,19H,2,5,8,11,13-14H2,1H3/t17-,19-/m0/s1. The van der Waals surface area contributed by atoms with Crippen molar-refractivity contribution < 1.29 is 19.1 Å². The Morgan fingerprint density at radius 2 is 1.93 bits per heavy atom. The number of nitrogens with zero attached hydrogens (tertiary/aromatic N) is 2. The smallest absolute Gasteiger partial charge is 0.310 e. The molecule has 2 fully saturated rings. The van der Waals surface area contributed by atoms with E-state index in [9.17, 15) is 14.4 Å². The Morgan fingerprint density at radius 3 is 2.71 bits per heavy atom. The van der Waals surface area contributed by atoms with Crippen LogP contribution in [0.5, 0.6) is 0 Å². The van der Waals surface area contributed by atoms with Crippen LogP contribution in [0.2, 0.25) is 0 Å². The molecule has 146 valence electrons. The van der Waals surface area contributed by atoms with Crippen molar-refractivity contribution >= 4 is 34.2 Å². The van der Waals surface area contributed by atoms with E-state index in [0.717, 1.165) is 23.6 Å². The second-order valence-electron chi connectivity index (χ2n) is 7.40. The minimum atomic E-state index is -0.504. The first-order valence-corrected chi connectivity index (χ1v) is 9.84. The Hall–Kier alpha value is -2.73. The van der Waals surface area contributed by atoms with Crippen molar-refractivity contribution in [2.45, 2.75) is 32.2 Å². The van der Waals surface area contributed by atoms with Crippen LogP contribution in [-0.2, 0) is 19.1 Å². The minimum absolute atomic E-state index is 0.154. The molecule has 0 aliphatic carbocycles. The van der Waals surface area contributed by atoms with E-state index in [1.54, 1.807) is 6.92 Å². The number of amides is 2. The molecule has 2 heterocycles. The number of carbonyl (C=O) groups is 3. The summed E-state index contributed by atoms with van der Waals surface area (Å²) in [6, 6.07) is 13.0. The summed E-state index contributed by atoms with van der Waals surface area (Å²) in [4.78, 5) is 41.2. The van der Waals surface area contributed by atoms with Crippen LogP contribution in [0.1, 0.15) is 26.2 Å². The molecule has 0 spiro atoms. The average Bonchev–Trinajstić information content (AvgIpc) is 3.02. The molecule has 0 radical (unpaired) electrons. The van der Waals surface area contributed by atoms with Crippen molar-refractivity contribution in [2.24, 2.45) is 5.92 Å². The molecular weight excluding hydrogens is 356 g/mol. The van der Waals surface area contributed by atoms with Crippen molar-refractivity contribution in [3.05, 3.63) is 42.5 Å². The average molecular weight is 380 g/mol. The molecule has 6 nitrogen and oxygen atoms in total. The largest absolute Gasteiger partial charge is 0.466 e. The summed E-state index contributed by atoms with van der Waals surface area (Å²) in [6.07, 6.45) is 1.73. The van der Waals surface area contributed by atoms with Crippen molar-refractivity contribution in [3.8, 4) is 0 Å². The van der Waals surface area contributed by atoms with E-state index >= 15 is 0 Å². The van der Waals surface area contributed by atoms with Gasteiger partial charge in [0.25, 0.3) is 5.91 Å². The van der Waals surface area contributed by atoms with E-state index in [4.69, 9.17) is 4.74 Å². The molecule has 0 bridgehead atoms. The number of likely N-dealkylation sites (tertiary alicyclic amines) is 1. The lowest BCUT2D eigenvalue weighted by Gasteiger charge is -2.34. The summed E-state index contributed by atoms with van der Waals surface area (Å²) in [5, 5.41) is 2.06. The zero-order valence-corrected chi connectivity index (χ0v) is 16.0. The van der Waals surface area contributed by atoms with Crippen molar-refractivity contribution in [1.29, 1.82) is 0 Å². The van der Waals surface area contributed by atoms with Crippen LogP contribution in [0.3, 0.4) is 0 Å². The van der Waals surface area contributed by atoms with E-state index in [1.807, 2.05) is 47.4 Å². The van der Waals surface area contributed by atoms with Crippen LogP contribution in [0.15, 0.2) is 42.5 Å². The number of hydrogen-bond donors (Lipinski definition) is 0. The van der Waals surface area contributed by atoms with Crippen LogP contribution in [-0.4, -0.2) is 48.4 Å². The highest BCUT2D eigenvalue weighted by Gasteiger charge is 2.44. The maximum atomic E-state index is 13.1. The highest BCUT2D eigenvalue weighted by atomic mass is 16.5. The van der Waals surface area contributed by atoms with Gasteiger partial charge in [0, 0.05) is 6.54 Å². The summed E-state index contributed by atoms with van der Waals surface area (Å²) in [5.41, 5.74) is 0.607. The number of carbonyl (C=O) groups excluding carboxylic acids is 3. The van der Waals surface area contributed by atoms with Gasteiger partial charge in [-0.3, -0.25) is 19.3 Å². The second-order valence-corrected chi connectivity index (χ2v) is 7.40. The van der Waals surface area contributed by atoms with Crippen LogP contribution in [0.4, 0.5) is 5.69 Å². The number of benzene rings is 2. The fourth-order valence-electron chi connectivity index (χ4n) is 4.23. The Kier molecular flexibility index (Phi) is 5.13. The molecule has 4 rings (SSSR count). The Morgan fingerprint density at radius 1 is 1.14 bits per heavy atom. The zero-order chi connectivity index (χ0) is 19.7. The van der Waals surface area contributed by atoms with E-state index in [1.165, 1.54) is 4.90 Å².